The molecule has 2 bridgehead atoms. The number of hydrogen-bond donors (Lipinski definition) is 0. The number of carbonyl (C=O) groups is 1. The molecule has 0 aliphatic carbocycles. The van der Waals surface area contributed by atoms with Gasteiger partial charge >= 0.3 is 0 Å². The summed E-state index contributed by atoms with van der Waals surface area (Å²) >= 11 is 6.07. The molecule has 0 spiro atoms. The molecule has 2 heterocycles. The summed E-state index contributed by atoms with van der Waals surface area (Å²) in [6, 6.07) is 5.88. The highest BCUT2D eigenvalue weighted by Crippen LogP contribution is 2.33. The number of methoxy groups -OCH3 is 1. The molecule has 0 saturated carbocycles. The zero-order chi connectivity index (χ0) is 15.0. The first-order chi connectivity index (χ1) is 10.1. The minimum absolute atomic E-state index is 0.0529. The van der Waals surface area contributed by atoms with E-state index in [0.29, 0.717) is 28.4 Å². The summed E-state index contributed by atoms with van der Waals surface area (Å²) in [6.45, 7) is 2.00. The lowest BCUT2D eigenvalue weighted by molar-refractivity contribution is 0.0670. The maximum atomic E-state index is 13.0. The summed E-state index contributed by atoms with van der Waals surface area (Å²) in [5.41, 5.74) is 0.575. The van der Waals surface area contributed by atoms with Gasteiger partial charge in [0, 0.05) is 23.7 Å². The standard InChI is InChI=1S/C16H21ClN2O2/c1-18-8-7-12-4-5-13(10-18)19(12)16(20)14-9-11(17)3-6-15(14)21-2/h3,6,9,12-13H,4-5,7-8,10H2,1-2H3/t12-,13+/m1/s1. The summed E-state index contributed by atoms with van der Waals surface area (Å²) in [6.07, 6.45) is 3.23. The van der Waals surface area contributed by atoms with E-state index in [-0.39, 0.29) is 5.91 Å². The molecule has 21 heavy (non-hydrogen) atoms. The highest BCUT2D eigenvalue weighted by molar-refractivity contribution is 6.31. The topological polar surface area (TPSA) is 32.8 Å². The number of carbonyl (C=O) groups excluding carboxylic acids is 1. The monoisotopic (exact) mass is 308 g/mol. The molecule has 2 aliphatic rings. The number of rotatable bonds is 2. The van der Waals surface area contributed by atoms with Crippen molar-refractivity contribution in [3.63, 3.8) is 0 Å². The van der Waals surface area contributed by atoms with Crippen LogP contribution >= 0.6 is 11.6 Å². The van der Waals surface area contributed by atoms with Gasteiger partial charge in [-0.2, -0.15) is 0 Å². The van der Waals surface area contributed by atoms with Gasteiger partial charge in [0.15, 0.2) is 0 Å². The number of halogens is 1. The lowest BCUT2D eigenvalue weighted by Gasteiger charge is -2.29. The zero-order valence-electron chi connectivity index (χ0n) is 12.5. The third-order valence-electron chi connectivity index (χ3n) is 4.61. The summed E-state index contributed by atoms with van der Waals surface area (Å²) in [5.74, 6) is 0.651. The van der Waals surface area contributed by atoms with E-state index in [1.54, 1.807) is 25.3 Å². The maximum Gasteiger partial charge on any atom is 0.258 e. The van der Waals surface area contributed by atoms with Gasteiger partial charge in [-0.15, -0.1) is 0 Å². The average Bonchev–Trinajstić information content (AvgIpc) is 2.78. The van der Waals surface area contributed by atoms with Gasteiger partial charge in [-0.25, -0.2) is 0 Å². The van der Waals surface area contributed by atoms with Crippen LogP contribution in [-0.2, 0) is 0 Å². The molecule has 2 fully saturated rings. The van der Waals surface area contributed by atoms with Gasteiger partial charge in [0.1, 0.15) is 5.75 Å². The van der Waals surface area contributed by atoms with Crippen LogP contribution in [0.4, 0.5) is 0 Å². The number of benzene rings is 1. The minimum atomic E-state index is 0.0529. The molecular weight excluding hydrogens is 288 g/mol. The molecule has 0 radical (unpaired) electrons. The van der Waals surface area contributed by atoms with E-state index in [4.69, 9.17) is 16.3 Å². The van der Waals surface area contributed by atoms with E-state index in [9.17, 15) is 4.79 Å². The largest absolute Gasteiger partial charge is 0.496 e. The van der Waals surface area contributed by atoms with Crippen molar-refractivity contribution >= 4 is 17.5 Å². The fourth-order valence-electron chi connectivity index (χ4n) is 3.56. The molecule has 0 N–H and O–H groups in total. The highest BCUT2D eigenvalue weighted by atomic mass is 35.5. The molecule has 2 saturated heterocycles. The Balaban J connectivity index is 1.93. The first kappa shape index (κ1) is 14.7. The fourth-order valence-corrected chi connectivity index (χ4v) is 3.73. The summed E-state index contributed by atoms with van der Waals surface area (Å²) < 4.78 is 5.34. The summed E-state index contributed by atoms with van der Waals surface area (Å²) in [4.78, 5) is 17.4. The second-order valence-corrected chi connectivity index (χ2v) is 6.43. The van der Waals surface area contributed by atoms with Gasteiger partial charge in [0.25, 0.3) is 5.91 Å². The van der Waals surface area contributed by atoms with Gasteiger partial charge in [-0.05, 0) is 51.1 Å². The van der Waals surface area contributed by atoms with Crippen LogP contribution in [0.25, 0.3) is 0 Å². The zero-order valence-corrected chi connectivity index (χ0v) is 13.3. The van der Waals surface area contributed by atoms with Crippen LogP contribution in [0.15, 0.2) is 18.2 Å². The van der Waals surface area contributed by atoms with Crippen molar-refractivity contribution in [1.29, 1.82) is 0 Å². The Bertz CT molecular complexity index is 549. The Labute approximate surface area is 130 Å². The van der Waals surface area contributed by atoms with Crippen molar-refractivity contribution in [1.82, 2.24) is 9.80 Å². The Morgan fingerprint density at radius 3 is 2.81 bits per heavy atom. The van der Waals surface area contributed by atoms with Crippen LogP contribution in [0.2, 0.25) is 5.02 Å². The number of hydrogen-bond acceptors (Lipinski definition) is 3. The van der Waals surface area contributed by atoms with E-state index in [1.165, 1.54) is 0 Å². The van der Waals surface area contributed by atoms with E-state index in [1.807, 2.05) is 0 Å². The third kappa shape index (κ3) is 2.74. The first-order valence-corrected chi connectivity index (χ1v) is 7.82. The molecule has 5 heteroatoms. The van der Waals surface area contributed by atoms with Crippen LogP contribution in [-0.4, -0.2) is 55.0 Å². The highest BCUT2D eigenvalue weighted by Gasteiger charge is 2.40. The van der Waals surface area contributed by atoms with Crippen molar-refractivity contribution < 1.29 is 9.53 Å². The first-order valence-electron chi connectivity index (χ1n) is 7.45. The Hall–Kier alpha value is -1.26. The lowest BCUT2D eigenvalue weighted by Crippen LogP contribution is -2.42. The smallest absolute Gasteiger partial charge is 0.258 e. The van der Waals surface area contributed by atoms with E-state index in [2.05, 4.69) is 16.8 Å². The van der Waals surface area contributed by atoms with Crippen molar-refractivity contribution in [2.45, 2.75) is 31.3 Å². The average molecular weight is 309 g/mol. The Morgan fingerprint density at radius 1 is 1.29 bits per heavy atom. The summed E-state index contributed by atoms with van der Waals surface area (Å²) in [5, 5.41) is 0.568. The fraction of sp³-hybridized carbons (Fsp3) is 0.562. The second-order valence-electron chi connectivity index (χ2n) is 5.99. The van der Waals surface area contributed by atoms with E-state index in [0.717, 1.165) is 32.4 Å². The lowest BCUT2D eigenvalue weighted by atomic mass is 10.1. The summed E-state index contributed by atoms with van der Waals surface area (Å²) in [7, 11) is 3.72. The number of ether oxygens (including phenoxy) is 1. The number of nitrogens with zero attached hydrogens (tertiary/aromatic N) is 2. The second kappa shape index (κ2) is 5.85. The molecule has 1 amide bonds. The normalized spacial score (nSPS) is 25.8. The van der Waals surface area contributed by atoms with Crippen molar-refractivity contribution in [2.75, 3.05) is 27.2 Å². The van der Waals surface area contributed by atoms with Crippen LogP contribution in [0.3, 0.4) is 0 Å². The van der Waals surface area contributed by atoms with Gasteiger partial charge in [-0.3, -0.25) is 4.79 Å². The molecule has 4 nitrogen and oxygen atoms in total. The quantitative estimate of drug-likeness (QED) is 0.842. The number of likely N-dealkylation sites (N-methyl/N-ethyl adjacent to an activating group) is 1. The van der Waals surface area contributed by atoms with Crippen molar-refractivity contribution in [3.05, 3.63) is 28.8 Å². The van der Waals surface area contributed by atoms with E-state index >= 15 is 0 Å². The van der Waals surface area contributed by atoms with E-state index < -0.39 is 0 Å². The molecule has 2 aliphatic heterocycles. The predicted molar refractivity (Wildman–Crippen MR) is 83.1 cm³/mol. The molecule has 114 valence electrons. The molecule has 2 atom stereocenters. The van der Waals surface area contributed by atoms with Gasteiger partial charge in [0.2, 0.25) is 0 Å². The molecule has 0 unspecified atom stereocenters. The molecule has 3 rings (SSSR count). The van der Waals surface area contributed by atoms with Crippen LogP contribution in [0, 0.1) is 0 Å². The number of likely N-dealkylation sites (tertiary alicyclic amines) is 1. The van der Waals surface area contributed by atoms with Crippen LogP contribution in [0.1, 0.15) is 29.6 Å². The van der Waals surface area contributed by atoms with Gasteiger partial charge in [-0.1, -0.05) is 11.6 Å². The predicted octanol–water partition coefficient (Wildman–Crippen LogP) is 2.66. The maximum absolute atomic E-state index is 13.0. The van der Waals surface area contributed by atoms with Crippen LogP contribution in [0.5, 0.6) is 5.75 Å². The van der Waals surface area contributed by atoms with Crippen molar-refractivity contribution in [2.24, 2.45) is 0 Å². The molecule has 0 aromatic heterocycles. The third-order valence-corrected chi connectivity index (χ3v) is 4.85. The van der Waals surface area contributed by atoms with Crippen LogP contribution < -0.4 is 4.74 Å². The number of fused-ring (bicyclic) bond motifs is 2. The molecular formula is C16H21ClN2O2. The molecule has 1 aromatic rings. The Morgan fingerprint density at radius 2 is 2.05 bits per heavy atom. The SMILES string of the molecule is COc1ccc(Cl)cc1C(=O)N1[C@@H]2CC[C@H]1CN(C)CC2. The molecule has 1 aromatic carbocycles. The van der Waals surface area contributed by atoms with Crippen molar-refractivity contribution in [3.8, 4) is 5.75 Å². The number of amides is 1. The Kier molecular flexibility index (Phi) is 4.09. The van der Waals surface area contributed by atoms with Gasteiger partial charge < -0.3 is 14.5 Å². The minimum Gasteiger partial charge on any atom is -0.496 e. The van der Waals surface area contributed by atoms with Gasteiger partial charge in [0.05, 0.1) is 12.7 Å².